The Balaban J connectivity index is 2.53. The van der Waals surface area contributed by atoms with E-state index in [1.165, 1.54) is 0 Å². The van der Waals surface area contributed by atoms with Gasteiger partial charge in [-0.05, 0) is 85.5 Å². The number of ether oxygens (including phenoxy) is 1. The van der Waals surface area contributed by atoms with Crippen molar-refractivity contribution in [2.45, 2.75) is 110 Å². The van der Waals surface area contributed by atoms with Crippen molar-refractivity contribution in [2.24, 2.45) is 0 Å². The van der Waals surface area contributed by atoms with E-state index in [1.807, 2.05) is 6.92 Å². The second-order valence-electron chi connectivity index (χ2n) is 13.0. The zero-order chi connectivity index (χ0) is 26.3. The van der Waals surface area contributed by atoms with Crippen LogP contribution in [0.25, 0.3) is 0 Å². The highest BCUT2D eigenvalue weighted by atomic mass is 28.4. The van der Waals surface area contributed by atoms with Gasteiger partial charge in [-0.1, -0.05) is 0 Å². The Morgan fingerprint density at radius 3 is 1.85 bits per heavy atom. The summed E-state index contributed by atoms with van der Waals surface area (Å²) in [6.45, 7) is 27.9. The van der Waals surface area contributed by atoms with Crippen molar-refractivity contribution < 1.29 is 22.4 Å². The highest BCUT2D eigenvalue weighted by Crippen LogP contribution is 2.37. The number of aryl methyl sites for hydroxylation is 1. The molecule has 2 rings (SSSR count). The normalized spacial score (nSPS) is 24.5. The Morgan fingerprint density at radius 2 is 1.38 bits per heavy atom. The summed E-state index contributed by atoms with van der Waals surface area (Å²) < 4.78 is 33.6. The fourth-order valence-corrected chi connectivity index (χ4v) is 7.23. The predicted octanol–water partition coefficient (Wildman–Crippen LogP) is 4.95. The van der Waals surface area contributed by atoms with E-state index in [2.05, 4.69) is 83.5 Å². The molecule has 0 aromatic carbocycles. The summed E-state index contributed by atoms with van der Waals surface area (Å²) in [5, 5.41) is 0. The molecule has 4 atom stereocenters. The lowest BCUT2D eigenvalue weighted by Gasteiger charge is -2.34. The topological polar surface area (TPSA) is 81.0 Å². The first-order valence-corrected chi connectivity index (χ1v) is 25.7. The van der Waals surface area contributed by atoms with Crippen molar-refractivity contribution in [1.29, 1.82) is 0 Å². The lowest BCUT2D eigenvalue weighted by atomic mass is 10.1. The summed E-state index contributed by atoms with van der Waals surface area (Å²) >= 11 is 0. The van der Waals surface area contributed by atoms with E-state index in [0.29, 0.717) is 12.5 Å². The van der Waals surface area contributed by atoms with E-state index in [9.17, 15) is 4.79 Å². The Bertz CT molecular complexity index is 899. The van der Waals surface area contributed by atoms with Crippen molar-refractivity contribution in [3.63, 3.8) is 0 Å². The summed E-state index contributed by atoms with van der Waals surface area (Å²) in [5.74, 6) is 0.398. The van der Waals surface area contributed by atoms with E-state index in [0.717, 1.165) is 5.56 Å². The molecule has 0 unspecified atom stereocenters. The van der Waals surface area contributed by atoms with Crippen LogP contribution < -0.4 is 10.1 Å². The number of rotatable bonds is 10. The van der Waals surface area contributed by atoms with Crippen LogP contribution in [-0.2, 0) is 18.0 Å². The van der Waals surface area contributed by atoms with Crippen LogP contribution in [0, 0.1) is 6.92 Å². The second kappa shape index (κ2) is 10.4. The van der Waals surface area contributed by atoms with Crippen LogP contribution in [0.4, 0.5) is 0 Å². The molecule has 0 radical (unpaired) electrons. The maximum absolute atomic E-state index is 13.2. The lowest BCUT2D eigenvalue weighted by molar-refractivity contribution is -0.0498. The zero-order valence-electron chi connectivity index (χ0n) is 23.4. The van der Waals surface area contributed by atoms with E-state index in [1.54, 1.807) is 10.8 Å². The summed E-state index contributed by atoms with van der Waals surface area (Å²) in [6, 6.07) is 0. The monoisotopic (exact) mass is 546 g/mol. The molecule has 1 aromatic heterocycles. The highest BCUT2D eigenvalue weighted by molar-refractivity contribution is 6.71. The number of nitrogens with zero attached hydrogens (tertiary/aromatic N) is 2. The molecule has 0 bridgehead atoms. The summed E-state index contributed by atoms with van der Waals surface area (Å²) in [6.07, 6.45) is 0.0302. The Labute approximate surface area is 209 Å². The van der Waals surface area contributed by atoms with Gasteiger partial charge in [-0.2, -0.15) is 4.98 Å². The van der Waals surface area contributed by atoms with Crippen LogP contribution in [0.3, 0.4) is 0 Å². The smallest absolute Gasteiger partial charge is 0.353 e. The third-order valence-electron chi connectivity index (χ3n) is 4.71. The number of hydrogen-bond acceptors (Lipinski definition) is 7. The molecule has 1 aliphatic heterocycles. The van der Waals surface area contributed by atoms with Crippen molar-refractivity contribution >= 4 is 33.3 Å². The molecular formula is C22H46N2O6Si4. The minimum atomic E-state index is -2.01. The summed E-state index contributed by atoms with van der Waals surface area (Å²) in [7, 11) is -7.66. The fraction of sp³-hybridized carbons (Fsp3) is 0.818. The summed E-state index contributed by atoms with van der Waals surface area (Å²) in [5.41, 5.74) is 0.383. The van der Waals surface area contributed by atoms with Crippen LogP contribution in [0.2, 0.25) is 78.6 Å². The van der Waals surface area contributed by atoms with Crippen LogP contribution in [-0.4, -0.2) is 67.7 Å². The van der Waals surface area contributed by atoms with Crippen molar-refractivity contribution in [1.82, 2.24) is 9.55 Å². The molecule has 2 heterocycles. The molecule has 34 heavy (non-hydrogen) atoms. The minimum Gasteiger partial charge on any atom is -0.531 e. The van der Waals surface area contributed by atoms with E-state index in [4.69, 9.17) is 22.4 Å². The lowest BCUT2D eigenvalue weighted by Crippen LogP contribution is -2.49. The van der Waals surface area contributed by atoms with Gasteiger partial charge < -0.3 is 22.4 Å². The molecule has 0 spiro atoms. The third-order valence-corrected chi connectivity index (χ3v) is 8.51. The molecule has 1 fully saturated rings. The van der Waals surface area contributed by atoms with Gasteiger partial charge in [-0.15, -0.1) is 0 Å². The molecule has 0 N–H and O–H groups in total. The molecular weight excluding hydrogens is 501 g/mol. The Morgan fingerprint density at radius 1 is 0.853 bits per heavy atom. The first kappa shape index (κ1) is 29.6. The molecule has 1 aliphatic rings. The third kappa shape index (κ3) is 9.12. The van der Waals surface area contributed by atoms with Gasteiger partial charge >= 0.3 is 5.69 Å². The van der Waals surface area contributed by atoms with Gasteiger partial charge in [0.05, 0.1) is 6.61 Å². The average Bonchev–Trinajstić information content (AvgIpc) is 2.88. The molecule has 8 nitrogen and oxygen atoms in total. The van der Waals surface area contributed by atoms with E-state index < -0.39 is 51.3 Å². The number of aromatic nitrogens is 2. The highest BCUT2D eigenvalue weighted by Gasteiger charge is 2.50. The standard InChI is InChI=1S/C22H46N2O6Si4/c1-16-14-24(22(25)23-20(16)30-34(11,12)13)21-19(29-33(8,9)10)18(28-32(5,6)7)17(27-21)15-26-31(2,3)4/h14,17-19,21H,15H2,1-13H3/t17-,18-,19-,21-/m1/s1. The predicted molar refractivity (Wildman–Crippen MR) is 147 cm³/mol. The van der Waals surface area contributed by atoms with Gasteiger partial charge in [0.25, 0.3) is 0 Å². The quantitative estimate of drug-likeness (QED) is 0.384. The first-order chi connectivity index (χ1) is 15.2. The van der Waals surface area contributed by atoms with Crippen molar-refractivity contribution in [3.05, 3.63) is 22.2 Å². The SMILES string of the molecule is Cc1cn([C@@H]2O[C@H](CO[Si](C)(C)C)[C@@H](O[Si](C)(C)C)[C@H]2O[Si](C)(C)C)c(=O)nc1O[Si](C)(C)C. The van der Waals surface area contributed by atoms with E-state index in [-0.39, 0.29) is 12.2 Å². The Hall–Kier alpha value is -0.612. The zero-order valence-corrected chi connectivity index (χ0v) is 27.4. The van der Waals surface area contributed by atoms with Crippen molar-refractivity contribution in [2.75, 3.05) is 6.61 Å². The maximum Gasteiger partial charge on any atom is 0.353 e. The minimum absolute atomic E-state index is 0.329. The van der Waals surface area contributed by atoms with Crippen LogP contribution in [0.1, 0.15) is 11.8 Å². The molecule has 0 saturated carbocycles. The van der Waals surface area contributed by atoms with E-state index >= 15 is 0 Å². The average molecular weight is 547 g/mol. The van der Waals surface area contributed by atoms with Gasteiger partial charge in [-0.3, -0.25) is 4.57 Å². The second-order valence-corrected chi connectivity index (χ2v) is 30.9. The van der Waals surface area contributed by atoms with Gasteiger partial charge in [-0.25, -0.2) is 4.79 Å². The molecule has 1 saturated heterocycles. The van der Waals surface area contributed by atoms with Crippen LogP contribution in [0.5, 0.6) is 5.88 Å². The van der Waals surface area contributed by atoms with Crippen LogP contribution >= 0.6 is 0 Å². The molecule has 196 valence electrons. The molecule has 0 aliphatic carbocycles. The first-order valence-electron chi connectivity index (χ1n) is 12.1. The largest absolute Gasteiger partial charge is 0.531 e. The summed E-state index contributed by atoms with van der Waals surface area (Å²) in [4.78, 5) is 17.5. The van der Waals surface area contributed by atoms with Gasteiger partial charge in [0, 0.05) is 11.8 Å². The van der Waals surface area contributed by atoms with Gasteiger partial charge in [0.1, 0.15) is 18.3 Å². The maximum atomic E-state index is 13.2. The van der Waals surface area contributed by atoms with Gasteiger partial charge in [0.2, 0.25) is 14.2 Å². The van der Waals surface area contributed by atoms with Crippen molar-refractivity contribution in [3.8, 4) is 5.88 Å². The van der Waals surface area contributed by atoms with Gasteiger partial charge in [0.15, 0.2) is 31.2 Å². The molecule has 1 aromatic rings. The number of hydrogen-bond donors (Lipinski definition) is 0. The fourth-order valence-electron chi connectivity index (χ4n) is 3.61. The molecule has 12 heteroatoms. The Kier molecular flexibility index (Phi) is 9.06. The van der Waals surface area contributed by atoms with Crippen LogP contribution in [0.15, 0.2) is 11.0 Å². The molecule has 0 amide bonds.